The van der Waals surface area contributed by atoms with E-state index >= 15 is 0 Å². The molecule has 0 aliphatic carbocycles. The number of nitrogens with one attached hydrogen (secondary N) is 1. The monoisotopic (exact) mass is 403 g/mol. The van der Waals surface area contributed by atoms with Crippen LogP contribution in [0, 0.1) is 5.82 Å². The van der Waals surface area contributed by atoms with E-state index in [0.717, 1.165) is 17.7 Å². The van der Waals surface area contributed by atoms with Crippen molar-refractivity contribution < 1.29 is 13.6 Å². The Morgan fingerprint density at radius 3 is 2.60 bits per heavy atom. The number of nitrogens with zero attached hydrogens (tertiary/aromatic N) is 2. The molecule has 0 aliphatic rings. The van der Waals surface area contributed by atoms with Crippen LogP contribution >= 0.6 is 0 Å². The van der Waals surface area contributed by atoms with E-state index < -0.39 is 0 Å². The van der Waals surface area contributed by atoms with E-state index in [9.17, 15) is 9.18 Å². The number of carbonyl (C=O) groups is 1. The van der Waals surface area contributed by atoms with Gasteiger partial charge in [-0.1, -0.05) is 24.3 Å². The van der Waals surface area contributed by atoms with Gasteiger partial charge in [0.2, 0.25) is 5.91 Å². The Morgan fingerprint density at radius 2 is 1.83 bits per heavy atom. The molecule has 0 saturated carbocycles. The molecule has 1 amide bonds. The highest BCUT2D eigenvalue weighted by Crippen LogP contribution is 2.25. The summed E-state index contributed by atoms with van der Waals surface area (Å²) in [5.74, 6) is 0.778. The lowest BCUT2D eigenvalue weighted by molar-refractivity contribution is -0.121. The molecule has 30 heavy (non-hydrogen) atoms. The smallest absolute Gasteiger partial charge is 0.220 e. The summed E-state index contributed by atoms with van der Waals surface area (Å²) >= 11 is 0. The van der Waals surface area contributed by atoms with E-state index in [4.69, 9.17) is 4.42 Å². The van der Waals surface area contributed by atoms with Gasteiger partial charge in [-0.25, -0.2) is 9.07 Å². The first-order valence-corrected chi connectivity index (χ1v) is 9.88. The molecule has 0 radical (unpaired) electrons. The van der Waals surface area contributed by atoms with Crippen LogP contribution in [0.3, 0.4) is 0 Å². The molecule has 1 N–H and O–H groups in total. The van der Waals surface area contributed by atoms with Crippen molar-refractivity contribution in [3.63, 3.8) is 0 Å². The molecule has 2 aromatic carbocycles. The van der Waals surface area contributed by atoms with Crippen molar-refractivity contribution in [2.75, 3.05) is 6.54 Å². The predicted octanol–water partition coefficient (Wildman–Crippen LogP) is 4.56. The minimum atomic E-state index is -0.325. The molecular weight excluding hydrogens is 381 g/mol. The highest BCUT2D eigenvalue weighted by molar-refractivity contribution is 5.76. The quantitative estimate of drug-likeness (QED) is 0.469. The van der Waals surface area contributed by atoms with Crippen LogP contribution in [0.1, 0.15) is 17.7 Å². The number of carbonyl (C=O) groups excluding carboxylic acids is 1. The second kappa shape index (κ2) is 9.22. The number of aromatic nitrogens is 2. The Labute approximate surface area is 174 Å². The number of rotatable bonds is 8. The summed E-state index contributed by atoms with van der Waals surface area (Å²) in [4.78, 5) is 12.1. The van der Waals surface area contributed by atoms with Crippen molar-refractivity contribution in [2.24, 2.45) is 0 Å². The molecule has 4 aromatic rings. The Morgan fingerprint density at radius 1 is 1.00 bits per heavy atom. The van der Waals surface area contributed by atoms with E-state index in [2.05, 4.69) is 10.4 Å². The molecule has 5 nitrogen and oxygen atoms in total. The van der Waals surface area contributed by atoms with Crippen molar-refractivity contribution in [1.82, 2.24) is 15.1 Å². The second-order valence-electron chi connectivity index (χ2n) is 6.96. The van der Waals surface area contributed by atoms with Crippen LogP contribution in [-0.2, 0) is 17.6 Å². The summed E-state index contributed by atoms with van der Waals surface area (Å²) in [5, 5.41) is 7.14. The van der Waals surface area contributed by atoms with Gasteiger partial charge in [0.25, 0.3) is 0 Å². The van der Waals surface area contributed by atoms with Gasteiger partial charge in [-0.05, 0) is 54.4 Å². The van der Waals surface area contributed by atoms with Crippen molar-refractivity contribution in [3.05, 3.63) is 96.3 Å². The number of furan rings is 1. The fraction of sp³-hybridized carbons (Fsp3) is 0.167. The first kappa shape index (κ1) is 19.6. The molecular formula is C24H22FN3O2. The summed E-state index contributed by atoms with van der Waals surface area (Å²) in [6.07, 6.45) is 5.19. The summed E-state index contributed by atoms with van der Waals surface area (Å²) in [7, 11) is 0. The molecule has 0 saturated heterocycles. The molecule has 152 valence electrons. The van der Waals surface area contributed by atoms with Crippen molar-refractivity contribution in [1.29, 1.82) is 0 Å². The Bertz CT molecular complexity index is 1100. The first-order chi connectivity index (χ1) is 14.7. The standard InChI is InChI=1S/C24H22FN3O2/c25-22-5-2-1-4-21(22)23-12-10-20(30-23)11-13-24(29)26-16-14-18-6-8-19(9-7-18)28-17-3-15-27-28/h1-10,12,15,17H,11,13-14,16H2,(H,26,29). The largest absolute Gasteiger partial charge is 0.461 e. The minimum absolute atomic E-state index is 0.0352. The Kier molecular flexibility index (Phi) is 6.03. The van der Waals surface area contributed by atoms with E-state index in [0.29, 0.717) is 36.5 Å². The van der Waals surface area contributed by atoms with Crippen LogP contribution in [0.15, 0.2) is 83.5 Å². The van der Waals surface area contributed by atoms with Crippen LogP contribution in [0.25, 0.3) is 17.0 Å². The van der Waals surface area contributed by atoms with Gasteiger partial charge in [0.1, 0.15) is 17.3 Å². The van der Waals surface area contributed by atoms with E-state index in [-0.39, 0.29) is 11.7 Å². The summed E-state index contributed by atoms with van der Waals surface area (Å²) in [5.41, 5.74) is 2.57. The lowest BCUT2D eigenvalue weighted by atomic mass is 10.1. The topological polar surface area (TPSA) is 60.1 Å². The fourth-order valence-electron chi connectivity index (χ4n) is 3.23. The number of benzene rings is 2. The highest BCUT2D eigenvalue weighted by Gasteiger charge is 2.10. The Balaban J connectivity index is 1.22. The molecule has 2 heterocycles. The molecule has 0 aliphatic heterocycles. The third-order valence-electron chi connectivity index (χ3n) is 4.84. The van der Waals surface area contributed by atoms with Crippen LogP contribution in [0.5, 0.6) is 0 Å². The van der Waals surface area contributed by atoms with Gasteiger partial charge < -0.3 is 9.73 Å². The lowest BCUT2D eigenvalue weighted by Crippen LogP contribution is -2.25. The summed E-state index contributed by atoms with van der Waals surface area (Å²) < 4.78 is 21.3. The molecule has 0 atom stereocenters. The third-order valence-corrected chi connectivity index (χ3v) is 4.84. The van der Waals surface area contributed by atoms with E-state index in [1.165, 1.54) is 6.07 Å². The van der Waals surface area contributed by atoms with Gasteiger partial charge in [0, 0.05) is 31.8 Å². The summed E-state index contributed by atoms with van der Waals surface area (Å²) in [6.45, 7) is 0.568. The van der Waals surface area contributed by atoms with Crippen LogP contribution in [0.4, 0.5) is 4.39 Å². The number of amides is 1. The lowest BCUT2D eigenvalue weighted by Gasteiger charge is -2.06. The predicted molar refractivity (Wildman–Crippen MR) is 113 cm³/mol. The first-order valence-electron chi connectivity index (χ1n) is 9.88. The van der Waals surface area contributed by atoms with Gasteiger partial charge in [0.05, 0.1) is 11.3 Å². The average Bonchev–Trinajstić information content (AvgIpc) is 3.46. The second-order valence-corrected chi connectivity index (χ2v) is 6.96. The summed E-state index contributed by atoms with van der Waals surface area (Å²) in [6, 6.07) is 20.0. The van der Waals surface area contributed by atoms with E-state index in [1.807, 2.05) is 36.5 Å². The fourth-order valence-corrected chi connectivity index (χ4v) is 3.23. The van der Waals surface area contributed by atoms with Crippen LogP contribution < -0.4 is 5.32 Å². The molecule has 4 rings (SSSR count). The zero-order chi connectivity index (χ0) is 20.8. The average molecular weight is 403 g/mol. The molecule has 2 aromatic heterocycles. The zero-order valence-electron chi connectivity index (χ0n) is 16.4. The number of halogens is 1. The van der Waals surface area contributed by atoms with E-state index in [1.54, 1.807) is 41.2 Å². The maximum Gasteiger partial charge on any atom is 0.220 e. The molecule has 0 fully saturated rings. The molecule has 0 bridgehead atoms. The third kappa shape index (κ3) is 4.84. The van der Waals surface area contributed by atoms with Crippen LogP contribution in [-0.4, -0.2) is 22.2 Å². The maximum atomic E-state index is 13.8. The number of hydrogen-bond donors (Lipinski definition) is 1. The zero-order valence-corrected chi connectivity index (χ0v) is 16.4. The number of aryl methyl sites for hydroxylation is 1. The van der Waals surface area contributed by atoms with Crippen molar-refractivity contribution in [3.8, 4) is 17.0 Å². The highest BCUT2D eigenvalue weighted by atomic mass is 19.1. The normalized spacial score (nSPS) is 10.8. The van der Waals surface area contributed by atoms with Crippen LogP contribution in [0.2, 0.25) is 0 Å². The minimum Gasteiger partial charge on any atom is -0.461 e. The van der Waals surface area contributed by atoms with Gasteiger partial charge >= 0.3 is 0 Å². The van der Waals surface area contributed by atoms with Gasteiger partial charge in [-0.15, -0.1) is 0 Å². The molecule has 0 spiro atoms. The number of hydrogen-bond acceptors (Lipinski definition) is 3. The van der Waals surface area contributed by atoms with Crippen molar-refractivity contribution in [2.45, 2.75) is 19.3 Å². The van der Waals surface area contributed by atoms with Crippen molar-refractivity contribution >= 4 is 5.91 Å². The van der Waals surface area contributed by atoms with Gasteiger partial charge in [0.15, 0.2) is 0 Å². The molecule has 0 unspecified atom stereocenters. The van der Waals surface area contributed by atoms with Gasteiger partial charge in [-0.2, -0.15) is 5.10 Å². The van der Waals surface area contributed by atoms with Gasteiger partial charge in [-0.3, -0.25) is 4.79 Å². The Hall–Kier alpha value is -3.67. The maximum absolute atomic E-state index is 13.8. The SMILES string of the molecule is O=C(CCc1ccc(-c2ccccc2F)o1)NCCc1ccc(-n2cccn2)cc1. The molecule has 6 heteroatoms.